The molecule has 1 heterocycles. The molecular weight excluding hydrogens is 452 g/mol. The summed E-state index contributed by atoms with van der Waals surface area (Å²) in [4.78, 5) is 12.8. The third-order valence-corrected chi connectivity index (χ3v) is 8.38. The number of carbonyl (C=O) groups is 1. The molecule has 2 saturated carbocycles. The molecule has 0 aliphatic heterocycles. The molecule has 5 rings (SSSR count). The predicted octanol–water partition coefficient (Wildman–Crippen LogP) is 5.68. The molecule has 2 aliphatic carbocycles. The Kier molecular flexibility index (Phi) is 6.74. The molecular formula is C26H29ClN4OS. The number of amides is 1. The molecule has 2 bridgehead atoms. The van der Waals surface area contributed by atoms with E-state index in [0.29, 0.717) is 23.2 Å². The number of hydrogen-bond acceptors (Lipinski definition) is 4. The molecule has 1 aromatic heterocycles. The first kappa shape index (κ1) is 22.5. The van der Waals surface area contributed by atoms with Gasteiger partial charge in [0, 0.05) is 16.6 Å². The molecule has 1 amide bonds. The number of benzene rings is 2. The van der Waals surface area contributed by atoms with Crippen molar-refractivity contribution in [2.45, 2.75) is 50.4 Å². The number of fused-ring (bicyclic) bond motifs is 2. The lowest BCUT2D eigenvalue weighted by molar-refractivity contribution is -0.119. The van der Waals surface area contributed by atoms with Crippen LogP contribution in [0.25, 0.3) is 11.4 Å². The number of hydrogen-bond donors (Lipinski definition) is 1. The largest absolute Gasteiger partial charge is 0.353 e. The van der Waals surface area contributed by atoms with Gasteiger partial charge >= 0.3 is 0 Å². The quantitative estimate of drug-likeness (QED) is 0.421. The summed E-state index contributed by atoms with van der Waals surface area (Å²) >= 11 is 7.52. The molecule has 172 valence electrons. The van der Waals surface area contributed by atoms with Crippen LogP contribution in [0.2, 0.25) is 5.02 Å². The molecule has 2 fully saturated rings. The number of nitrogens with zero attached hydrogens (tertiary/aromatic N) is 3. The maximum atomic E-state index is 12.8. The molecule has 0 radical (unpaired) electrons. The molecule has 3 aromatic rings. The second kappa shape index (κ2) is 9.90. The summed E-state index contributed by atoms with van der Waals surface area (Å²) in [6, 6.07) is 18.1. The second-order valence-corrected chi connectivity index (χ2v) is 10.7. The van der Waals surface area contributed by atoms with E-state index < -0.39 is 0 Å². The van der Waals surface area contributed by atoms with Crippen LogP contribution in [-0.2, 0) is 11.3 Å². The molecule has 2 aromatic carbocycles. The van der Waals surface area contributed by atoms with Crippen LogP contribution in [0.4, 0.5) is 0 Å². The highest BCUT2D eigenvalue weighted by Crippen LogP contribution is 2.49. The van der Waals surface area contributed by atoms with E-state index in [9.17, 15) is 4.79 Å². The highest BCUT2D eigenvalue weighted by atomic mass is 35.5. The molecule has 0 saturated heterocycles. The molecule has 2 aliphatic rings. The van der Waals surface area contributed by atoms with Crippen LogP contribution in [0.1, 0.15) is 38.2 Å². The van der Waals surface area contributed by atoms with Gasteiger partial charge in [-0.25, -0.2) is 0 Å². The van der Waals surface area contributed by atoms with Crippen molar-refractivity contribution in [2.24, 2.45) is 17.8 Å². The van der Waals surface area contributed by atoms with Gasteiger partial charge in [0.2, 0.25) is 5.91 Å². The first-order chi connectivity index (χ1) is 16.1. The van der Waals surface area contributed by atoms with Crippen molar-refractivity contribution in [1.29, 1.82) is 0 Å². The van der Waals surface area contributed by atoms with Gasteiger partial charge in [-0.05, 0) is 73.8 Å². The summed E-state index contributed by atoms with van der Waals surface area (Å²) < 4.78 is 2.08. The minimum absolute atomic E-state index is 0.0672. The highest BCUT2D eigenvalue weighted by Gasteiger charge is 2.42. The zero-order valence-electron chi connectivity index (χ0n) is 18.8. The van der Waals surface area contributed by atoms with Gasteiger partial charge < -0.3 is 5.32 Å². The van der Waals surface area contributed by atoms with Crippen molar-refractivity contribution in [3.63, 3.8) is 0 Å². The number of rotatable bonds is 8. The van der Waals surface area contributed by atoms with Gasteiger partial charge in [0.05, 0.1) is 12.3 Å². The Hall–Kier alpha value is -2.31. The zero-order valence-corrected chi connectivity index (χ0v) is 20.4. The first-order valence-corrected chi connectivity index (χ1v) is 13.1. The van der Waals surface area contributed by atoms with Crippen LogP contribution in [-0.4, -0.2) is 32.5 Å². The first-order valence-electron chi connectivity index (χ1n) is 11.7. The highest BCUT2D eigenvalue weighted by molar-refractivity contribution is 7.99. The van der Waals surface area contributed by atoms with Gasteiger partial charge in [-0.1, -0.05) is 60.1 Å². The van der Waals surface area contributed by atoms with Crippen LogP contribution in [0.15, 0.2) is 59.8 Å². The van der Waals surface area contributed by atoms with E-state index in [-0.39, 0.29) is 11.9 Å². The second-order valence-electron chi connectivity index (χ2n) is 9.37. The topological polar surface area (TPSA) is 59.8 Å². The SMILES string of the molecule is C[C@H](NC(=O)CSc1nnc(-c2ccc(Cl)cc2)n1Cc1ccccc1)[C@H]1C[C@H]2CC[C@H]1C2. The van der Waals surface area contributed by atoms with Crippen molar-refractivity contribution < 1.29 is 4.79 Å². The third kappa shape index (κ3) is 5.12. The van der Waals surface area contributed by atoms with Crippen LogP contribution < -0.4 is 5.32 Å². The van der Waals surface area contributed by atoms with Gasteiger partial charge in [0.15, 0.2) is 11.0 Å². The van der Waals surface area contributed by atoms with Crippen LogP contribution >= 0.6 is 23.4 Å². The van der Waals surface area contributed by atoms with Gasteiger partial charge in [-0.2, -0.15) is 0 Å². The van der Waals surface area contributed by atoms with Crippen molar-refractivity contribution in [3.8, 4) is 11.4 Å². The lowest BCUT2D eigenvalue weighted by atomic mass is 9.84. The standard InChI is InChI=1S/C26H29ClN4OS/c1-17(23-14-19-7-8-21(23)13-19)28-24(32)16-33-26-30-29-25(20-9-11-22(27)12-10-20)31(26)15-18-5-3-2-4-6-18/h2-6,9-12,17,19,21,23H,7-8,13-16H2,1H3,(H,28,32)/t17-,19-,21-,23+/m0/s1. The molecule has 0 unspecified atom stereocenters. The minimum atomic E-state index is 0.0672. The normalized spacial score (nSPS) is 22.4. The van der Waals surface area contributed by atoms with E-state index in [2.05, 4.69) is 39.1 Å². The Morgan fingerprint density at radius 1 is 1.12 bits per heavy atom. The van der Waals surface area contributed by atoms with Crippen molar-refractivity contribution >= 4 is 29.3 Å². The van der Waals surface area contributed by atoms with Crippen molar-refractivity contribution in [1.82, 2.24) is 20.1 Å². The van der Waals surface area contributed by atoms with Crippen LogP contribution in [0.3, 0.4) is 0 Å². The Bertz CT molecular complexity index is 1100. The summed E-state index contributed by atoms with van der Waals surface area (Å²) in [5.74, 6) is 3.49. The Labute approximate surface area is 204 Å². The van der Waals surface area contributed by atoms with E-state index in [0.717, 1.165) is 33.9 Å². The molecule has 0 spiro atoms. The lowest BCUT2D eigenvalue weighted by Crippen LogP contribution is -2.40. The van der Waals surface area contributed by atoms with Crippen LogP contribution in [0.5, 0.6) is 0 Å². The lowest BCUT2D eigenvalue weighted by Gasteiger charge is -2.28. The van der Waals surface area contributed by atoms with Crippen molar-refractivity contribution in [3.05, 3.63) is 65.2 Å². The Morgan fingerprint density at radius 3 is 2.61 bits per heavy atom. The monoisotopic (exact) mass is 480 g/mol. The number of carbonyl (C=O) groups excluding carboxylic acids is 1. The van der Waals surface area contributed by atoms with Crippen LogP contribution in [0, 0.1) is 17.8 Å². The third-order valence-electron chi connectivity index (χ3n) is 7.16. The number of nitrogens with one attached hydrogen (secondary N) is 1. The number of thioether (sulfide) groups is 1. The predicted molar refractivity (Wildman–Crippen MR) is 133 cm³/mol. The van der Waals surface area contributed by atoms with Gasteiger partial charge in [0.25, 0.3) is 0 Å². The molecule has 33 heavy (non-hydrogen) atoms. The summed E-state index contributed by atoms with van der Waals surface area (Å²) in [5.41, 5.74) is 2.10. The molecule has 4 atom stereocenters. The van der Waals surface area contributed by atoms with E-state index in [1.54, 1.807) is 0 Å². The molecule has 7 heteroatoms. The minimum Gasteiger partial charge on any atom is -0.353 e. The summed E-state index contributed by atoms with van der Waals surface area (Å²) in [7, 11) is 0. The van der Waals surface area contributed by atoms with Gasteiger partial charge in [-0.15, -0.1) is 10.2 Å². The average Bonchev–Trinajstić information content (AvgIpc) is 3.55. The van der Waals surface area contributed by atoms with E-state index in [1.165, 1.54) is 37.4 Å². The summed E-state index contributed by atoms with van der Waals surface area (Å²) in [6.45, 7) is 2.81. The maximum Gasteiger partial charge on any atom is 0.230 e. The Morgan fingerprint density at radius 2 is 1.91 bits per heavy atom. The fourth-order valence-corrected chi connectivity index (χ4v) is 6.43. The molecule has 1 N–H and O–H groups in total. The smallest absolute Gasteiger partial charge is 0.230 e. The summed E-state index contributed by atoms with van der Waals surface area (Å²) in [5, 5.41) is 13.6. The molecule has 5 nitrogen and oxygen atoms in total. The fraction of sp³-hybridized carbons (Fsp3) is 0.423. The number of halogens is 1. The number of aromatic nitrogens is 3. The maximum absolute atomic E-state index is 12.8. The van der Waals surface area contributed by atoms with Gasteiger partial charge in [-0.3, -0.25) is 9.36 Å². The van der Waals surface area contributed by atoms with Gasteiger partial charge in [0.1, 0.15) is 0 Å². The van der Waals surface area contributed by atoms with E-state index in [1.807, 2.05) is 42.5 Å². The van der Waals surface area contributed by atoms with E-state index >= 15 is 0 Å². The zero-order chi connectivity index (χ0) is 22.8. The summed E-state index contributed by atoms with van der Waals surface area (Å²) in [6.07, 6.45) is 5.34. The van der Waals surface area contributed by atoms with Crippen molar-refractivity contribution in [2.75, 3.05) is 5.75 Å². The fourth-order valence-electron chi connectivity index (χ4n) is 5.56. The Balaban J connectivity index is 1.28. The average molecular weight is 481 g/mol. The van der Waals surface area contributed by atoms with E-state index in [4.69, 9.17) is 11.6 Å².